The molecule has 0 radical (unpaired) electrons. The van der Waals surface area contributed by atoms with Crippen molar-refractivity contribution in [2.24, 2.45) is 5.92 Å². The number of benzene rings is 2. The summed E-state index contributed by atoms with van der Waals surface area (Å²) >= 11 is 5.91. The first-order chi connectivity index (χ1) is 13.6. The van der Waals surface area contributed by atoms with Gasteiger partial charge in [-0.1, -0.05) is 41.9 Å². The lowest BCUT2D eigenvalue weighted by Gasteiger charge is -2.17. The van der Waals surface area contributed by atoms with Crippen LogP contribution in [-0.4, -0.2) is 34.8 Å². The quantitative estimate of drug-likeness (QED) is 0.714. The molecule has 28 heavy (non-hydrogen) atoms. The molecule has 142 valence electrons. The minimum absolute atomic E-state index is 0.0187. The van der Waals surface area contributed by atoms with Crippen LogP contribution in [0.4, 0.5) is 5.69 Å². The van der Waals surface area contributed by atoms with Crippen LogP contribution in [0.3, 0.4) is 0 Å². The van der Waals surface area contributed by atoms with Crippen LogP contribution in [0, 0.1) is 5.92 Å². The van der Waals surface area contributed by atoms with Crippen LogP contribution in [0.15, 0.2) is 60.8 Å². The summed E-state index contributed by atoms with van der Waals surface area (Å²) in [5, 5.41) is 4.61. The van der Waals surface area contributed by atoms with Crippen LogP contribution in [0.25, 0.3) is 10.9 Å². The molecule has 0 aliphatic carbocycles. The molecule has 1 unspecified atom stereocenters. The second-order valence-corrected chi connectivity index (χ2v) is 7.42. The van der Waals surface area contributed by atoms with Gasteiger partial charge in [0.05, 0.1) is 17.1 Å². The fraction of sp³-hybridized carbons (Fsp3) is 0.227. The Hall–Kier alpha value is -2.92. The number of amides is 2. The number of hydrogen-bond donors (Lipinski definition) is 1. The summed E-state index contributed by atoms with van der Waals surface area (Å²) < 4.78 is 0. The number of halogens is 1. The van der Waals surface area contributed by atoms with Crippen LogP contribution < -0.4 is 5.32 Å². The van der Waals surface area contributed by atoms with E-state index in [1.54, 1.807) is 11.1 Å². The maximum absolute atomic E-state index is 12.7. The molecule has 2 amide bonds. The number of hydrogen-bond acceptors (Lipinski definition) is 3. The van der Waals surface area contributed by atoms with Crippen molar-refractivity contribution < 1.29 is 9.59 Å². The largest absolute Gasteiger partial charge is 0.342 e. The molecule has 2 heterocycles. The zero-order valence-electron chi connectivity index (χ0n) is 15.3. The molecule has 3 aromatic rings. The van der Waals surface area contributed by atoms with E-state index in [4.69, 9.17) is 11.6 Å². The Bertz CT molecular complexity index is 1010. The molecule has 1 fully saturated rings. The Kier molecular flexibility index (Phi) is 5.26. The Morgan fingerprint density at radius 3 is 2.75 bits per heavy atom. The first-order valence-electron chi connectivity index (χ1n) is 9.27. The van der Waals surface area contributed by atoms with Crippen molar-refractivity contribution in [1.82, 2.24) is 9.88 Å². The maximum Gasteiger partial charge on any atom is 0.229 e. The SMILES string of the molecule is O=C(Nc1cccc2cccnc12)C1CC(=O)N(CCc2ccc(Cl)cc2)C1. The van der Waals surface area contributed by atoms with Gasteiger partial charge in [0.15, 0.2) is 0 Å². The van der Waals surface area contributed by atoms with Crippen LogP contribution in [0.2, 0.25) is 5.02 Å². The van der Waals surface area contributed by atoms with Crippen molar-refractivity contribution in [3.05, 3.63) is 71.4 Å². The van der Waals surface area contributed by atoms with Gasteiger partial charge in [-0.15, -0.1) is 0 Å². The third-order valence-electron chi connectivity index (χ3n) is 5.06. The Morgan fingerprint density at radius 1 is 1.14 bits per heavy atom. The molecule has 1 N–H and O–H groups in total. The normalized spacial score (nSPS) is 16.5. The van der Waals surface area contributed by atoms with Crippen molar-refractivity contribution in [3.63, 3.8) is 0 Å². The minimum atomic E-state index is -0.350. The number of para-hydroxylation sites is 1. The second-order valence-electron chi connectivity index (χ2n) is 6.99. The Balaban J connectivity index is 1.39. The molecule has 6 heteroatoms. The number of rotatable bonds is 5. The number of fused-ring (bicyclic) bond motifs is 1. The van der Waals surface area contributed by atoms with Gasteiger partial charge in [0.1, 0.15) is 0 Å². The number of nitrogens with zero attached hydrogens (tertiary/aromatic N) is 2. The highest BCUT2D eigenvalue weighted by Crippen LogP contribution is 2.24. The predicted molar refractivity (Wildman–Crippen MR) is 110 cm³/mol. The molecule has 1 aromatic heterocycles. The van der Waals surface area contributed by atoms with Crippen molar-refractivity contribution in [3.8, 4) is 0 Å². The summed E-state index contributed by atoms with van der Waals surface area (Å²) in [4.78, 5) is 31.2. The number of likely N-dealkylation sites (tertiary alicyclic amines) is 1. The molecule has 2 aromatic carbocycles. The van der Waals surface area contributed by atoms with Crippen LogP contribution >= 0.6 is 11.6 Å². The molecule has 0 bridgehead atoms. The molecule has 1 aliphatic heterocycles. The Labute approximate surface area is 168 Å². The molecule has 0 saturated carbocycles. The highest BCUT2D eigenvalue weighted by Gasteiger charge is 2.34. The van der Waals surface area contributed by atoms with Gasteiger partial charge in [-0.3, -0.25) is 14.6 Å². The first-order valence-corrected chi connectivity index (χ1v) is 9.65. The average molecular weight is 394 g/mol. The smallest absolute Gasteiger partial charge is 0.229 e. The van der Waals surface area contributed by atoms with E-state index in [0.717, 1.165) is 22.9 Å². The summed E-state index contributed by atoms with van der Waals surface area (Å²) in [5.74, 6) is -0.470. The molecule has 1 atom stereocenters. The summed E-state index contributed by atoms with van der Waals surface area (Å²) in [5.41, 5.74) is 2.55. The van der Waals surface area contributed by atoms with E-state index >= 15 is 0 Å². The maximum atomic E-state index is 12.7. The van der Waals surface area contributed by atoms with Gasteiger partial charge in [-0.25, -0.2) is 0 Å². The Morgan fingerprint density at radius 2 is 1.93 bits per heavy atom. The van der Waals surface area contributed by atoms with Gasteiger partial charge < -0.3 is 10.2 Å². The monoisotopic (exact) mass is 393 g/mol. The van der Waals surface area contributed by atoms with Crippen molar-refractivity contribution >= 4 is 40.0 Å². The van der Waals surface area contributed by atoms with Gasteiger partial charge in [0.2, 0.25) is 11.8 Å². The zero-order chi connectivity index (χ0) is 19.5. The molecule has 1 saturated heterocycles. The summed E-state index contributed by atoms with van der Waals surface area (Å²) in [6.07, 6.45) is 2.69. The minimum Gasteiger partial charge on any atom is -0.342 e. The van der Waals surface area contributed by atoms with E-state index in [9.17, 15) is 9.59 Å². The topological polar surface area (TPSA) is 62.3 Å². The van der Waals surface area contributed by atoms with Gasteiger partial charge >= 0.3 is 0 Å². The van der Waals surface area contributed by atoms with E-state index in [2.05, 4.69) is 10.3 Å². The van der Waals surface area contributed by atoms with E-state index in [0.29, 0.717) is 23.8 Å². The zero-order valence-corrected chi connectivity index (χ0v) is 16.0. The standard InChI is InChI=1S/C22H20ClN3O2/c23-18-8-6-15(7-9-18)10-12-26-14-17(13-20(26)27)22(28)25-19-5-1-3-16-4-2-11-24-21(16)19/h1-9,11,17H,10,12-14H2,(H,25,28). The van der Waals surface area contributed by atoms with E-state index < -0.39 is 0 Å². The van der Waals surface area contributed by atoms with Crippen LogP contribution in [-0.2, 0) is 16.0 Å². The van der Waals surface area contributed by atoms with Gasteiger partial charge in [0, 0.05) is 36.1 Å². The van der Waals surface area contributed by atoms with Gasteiger partial charge in [-0.05, 0) is 36.2 Å². The molecule has 1 aliphatic rings. The lowest BCUT2D eigenvalue weighted by Crippen LogP contribution is -2.30. The van der Waals surface area contributed by atoms with Gasteiger partial charge in [-0.2, -0.15) is 0 Å². The van der Waals surface area contributed by atoms with E-state index in [1.807, 2.05) is 54.6 Å². The van der Waals surface area contributed by atoms with Crippen molar-refractivity contribution in [1.29, 1.82) is 0 Å². The molecular formula is C22H20ClN3O2. The molecule has 0 spiro atoms. The first kappa shape index (κ1) is 18.4. The molecular weight excluding hydrogens is 374 g/mol. The third-order valence-corrected chi connectivity index (χ3v) is 5.31. The predicted octanol–water partition coefficient (Wildman–Crippen LogP) is 3.92. The number of pyridine rings is 1. The fourth-order valence-corrected chi connectivity index (χ4v) is 3.64. The fourth-order valence-electron chi connectivity index (χ4n) is 3.52. The highest BCUT2D eigenvalue weighted by molar-refractivity contribution is 6.30. The van der Waals surface area contributed by atoms with Crippen LogP contribution in [0.5, 0.6) is 0 Å². The van der Waals surface area contributed by atoms with Gasteiger partial charge in [0.25, 0.3) is 0 Å². The van der Waals surface area contributed by atoms with E-state index in [-0.39, 0.29) is 24.2 Å². The second kappa shape index (κ2) is 7.98. The van der Waals surface area contributed by atoms with Crippen molar-refractivity contribution in [2.75, 3.05) is 18.4 Å². The summed E-state index contributed by atoms with van der Waals surface area (Å²) in [6.45, 7) is 1.04. The number of nitrogens with one attached hydrogen (secondary N) is 1. The van der Waals surface area contributed by atoms with E-state index in [1.165, 1.54) is 0 Å². The van der Waals surface area contributed by atoms with Crippen molar-refractivity contribution in [2.45, 2.75) is 12.8 Å². The average Bonchev–Trinajstić information content (AvgIpc) is 3.09. The number of anilines is 1. The summed E-state index contributed by atoms with van der Waals surface area (Å²) in [7, 11) is 0. The molecule has 4 rings (SSSR count). The van der Waals surface area contributed by atoms with Crippen LogP contribution in [0.1, 0.15) is 12.0 Å². The number of carbonyl (C=O) groups is 2. The number of carbonyl (C=O) groups excluding carboxylic acids is 2. The lowest BCUT2D eigenvalue weighted by molar-refractivity contribution is -0.128. The number of aromatic nitrogens is 1. The molecule has 5 nitrogen and oxygen atoms in total. The highest BCUT2D eigenvalue weighted by atomic mass is 35.5. The third kappa shape index (κ3) is 3.99. The summed E-state index contributed by atoms with van der Waals surface area (Å²) in [6, 6.07) is 17.1. The lowest BCUT2D eigenvalue weighted by atomic mass is 10.1.